The Labute approximate surface area is 173 Å². The van der Waals surface area contributed by atoms with Gasteiger partial charge in [0.25, 0.3) is 5.91 Å². The number of nitrogens with two attached hydrogens (primary N) is 1. The number of hydrogen-bond acceptors (Lipinski definition) is 5. The van der Waals surface area contributed by atoms with Gasteiger partial charge in [0.05, 0.1) is 5.56 Å². The van der Waals surface area contributed by atoms with Crippen LogP contribution in [-0.4, -0.2) is 51.5 Å². The van der Waals surface area contributed by atoms with E-state index < -0.39 is 40.9 Å². The van der Waals surface area contributed by atoms with Gasteiger partial charge in [0.15, 0.2) is 0 Å². The molecule has 3 aliphatic rings. The Hall–Kier alpha value is -2.79. The number of alkyl halides is 3. The molecule has 0 bridgehead atoms. The molecule has 0 saturated carbocycles. The number of rotatable bonds is 3. The van der Waals surface area contributed by atoms with E-state index in [1.165, 1.54) is 34.9 Å². The van der Waals surface area contributed by atoms with Gasteiger partial charge in [-0.05, 0) is 36.3 Å². The van der Waals surface area contributed by atoms with Gasteiger partial charge in [-0.1, -0.05) is 6.07 Å². The van der Waals surface area contributed by atoms with E-state index in [9.17, 15) is 32.7 Å². The van der Waals surface area contributed by atoms with Gasteiger partial charge in [-0.15, -0.1) is 11.8 Å². The molecular formula is C19H16F3N3O4S. The van der Waals surface area contributed by atoms with Crippen molar-refractivity contribution in [3.8, 4) is 0 Å². The van der Waals surface area contributed by atoms with Gasteiger partial charge in [-0.25, -0.2) is 4.79 Å². The molecule has 3 heterocycles. The molecule has 11 heteroatoms. The van der Waals surface area contributed by atoms with Crippen molar-refractivity contribution < 1.29 is 32.7 Å². The highest BCUT2D eigenvalue weighted by Gasteiger charge is 2.51. The first-order valence-electron chi connectivity index (χ1n) is 8.96. The Morgan fingerprint density at radius 1 is 1.30 bits per heavy atom. The fraction of sp³-hybridized carbons (Fsp3) is 0.316. The third kappa shape index (κ3) is 3.27. The lowest BCUT2D eigenvalue weighted by Crippen LogP contribution is -2.68. The van der Waals surface area contributed by atoms with E-state index in [4.69, 9.17) is 5.73 Å². The van der Waals surface area contributed by atoms with Gasteiger partial charge in [0, 0.05) is 23.6 Å². The molecule has 0 spiro atoms. The van der Waals surface area contributed by atoms with Crippen LogP contribution in [0.1, 0.15) is 12.0 Å². The van der Waals surface area contributed by atoms with Crippen molar-refractivity contribution in [1.82, 2.24) is 4.90 Å². The monoisotopic (exact) mass is 439 g/mol. The number of carboxylic acid groups (broad SMARTS) is 1. The van der Waals surface area contributed by atoms with Crippen LogP contribution in [0.5, 0.6) is 0 Å². The molecule has 7 nitrogen and oxygen atoms in total. The van der Waals surface area contributed by atoms with Gasteiger partial charge in [-0.2, -0.15) is 13.2 Å². The highest BCUT2D eigenvalue weighted by atomic mass is 32.2. The van der Waals surface area contributed by atoms with Crippen molar-refractivity contribution in [2.75, 3.05) is 17.2 Å². The molecule has 0 unspecified atom stereocenters. The highest BCUT2D eigenvalue weighted by Crippen LogP contribution is 2.40. The Kier molecular flexibility index (Phi) is 4.89. The van der Waals surface area contributed by atoms with Crippen molar-refractivity contribution >= 4 is 35.2 Å². The number of benzene rings is 1. The van der Waals surface area contributed by atoms with Crippen molar-refractivity contribution in [2.45, 2.75) is 24.0 Å². The normalized spacial score (nSPS) is 25.7. The molecule has 2 atom stereocenters. The van der Waals surface area contributed by atoms with E-state index in [1.54, 1.807) is 0 Å². The lowest BCUT2D eigenvalue weighted by Gasteiger charge is -2.47. The second kappa shape index (κ2) is 7.17. The van der Waals surface area contributed by atoms with Gasteiger partial charge >= 0.3 is 12.1 Å². The number of β-lactam (4-membered cyclic amide) rings is 1. The second-order valence-corrected chi connectivity index (χ2v) is 8.14. The van der Waals surface area contributed by atoms with Crippen LogP contribution in [0.15, 0.2) is 47.2 Å². The molecule has 3 N–H and O–H groups in total. The van der Waals surface area contributed by atoms with Crippen molar-refractivity contribution in [1.29, 1.82) is 0 Å². The maximum absolute atomic E-state index is 13.0. The highest BCUT2D eigenvalue weighted by molar-refractivity contribution is 8.00. The van der Waals surface area contributed by atoms with Gasteiger partial charge in [-0.3, -0.25) is 14.5 Å². The number of allylic oxidation sites excluding steroid dienone is 1. The first-order chi connectivity index (χ1) is 14.1. The number of nitrogens with zero attached hydrogens (tertiary/aromatic N) is 2. The summed E-state index contributed by atoms with van der Waals surface area (Å²) in [4.78, 5) is 38.9. The van der Waals surface area contributed by atoms with E-state index in [0.29, 0.717) is 5.57 Å². The Balaban J connectivity index is 1.64. The number of amides is 2. The molecular weight excluding hydrogens is 423 g/mol. The van der Waals surface area contributed by atoms with Gasteiger partial charge < -0.3 is 15.7 Å². The largest absolute Gasteiger partial charge is 0.477 e. The SMILES string of the molecule is N[C@@H]1C(=O)N2C(C(=O)O)=C(C=C3CCN(c4cccc(C(F)(F)F)c4)C3=O)CS[C@H]12. The van der Waals surface area contributed by atoms with Gasteiger partial charge in [0.1, 0.15) is 17.1 Å². The van der Waals surface area contributed by atoms with Crippen LogP contribution in [0.3, 0.4) is 0 Å². The van der Waals surface area contributed by atoms with Crippen LogP contribution in [0, 0.1) is 0 Å². The number of anilines is 1. The van der Waals surface area contributed by atoms with Crippen LogP contribution in [0.4, 0.5) is 18.9 Å². The summed E-state index contributed by atoms with van der Waals surface area (Å²) in [7, 11) is 0. The number of hydrogen-bond donors (Lipinski definition) is 2. The topological polar surface area (TPSA) is 104 Å². The minimum atomic E-state index is -4.53. The first-order valence-corrected chi connectivity index (χ1v) is 10.0. The molecule has 0 aliphatic carbocycles. The van der Waals surface area contributed by atoms with E-state index in [2.05, 4.69) is 0 Å². The smallest absolute Gasteiger partial charge is 0.416 e. The van der Waals surface area contributed by atoms with Gasteiger partial charge in [0.2, 0.25) is 5.91 Å². The summed E-state index contributed by atoms with van der Waals surface area (Å²) in [5.74, 6) is -2.04. The third-order valence-electron chi connectivity index (χ3n) is 5.20. The zero-order valence-corrected chi connectivity index (χ0v) is 16.2. The quantitative estimate of drug-likeness (QED) is 0.551. The van der Waals surface area contributed by atoms with E-state index in [1.807, 2.05) is 0 Å². The first kappa shape index (κ1) is 20.5. The molecule has 1 aromatic rings. The summed E-state index contributed by atoms with van der Waals surface area (Å²) in [6.07, 6.45) is -2.86. The molecule has 2 fully saturated rings. The molecule has 158 valence electrons. The maximum Gasteiger partial charge on any atom is 0.416 e. The number of fused-ring (bicyclic) bond motifs is 1. The fourth-order valence-corrected chi connectivity index (χ4v) is 4.96. The summed E-state index contributed by atoms with van der Waals surface area (Å²) in [6, 6.07) is 3.72. The number of carboxylic acids is 1. The molecule has 2 amide bonds. The Bertz CT molecular complexity index is 1020. The summed E-state index contributed by atoms with van der Waals surface area (Å²) in [5.41, 5.74) is 5.35. The number of halogens is 3. The standard InChI is InChI=1S/C19H16F3N3O4S/c20-19(21,22)11-2-1-3-12(7-11)24-5-4-9(15(24)26)6-10-8-30-17-13(23)16(27)25(17)14(10)18(28)29/h1-3,6-7,13,17H,4-5,8,23H2,(H,28,29)/t13-,17-/m1/s1. The molecule has 3 aliphatic heterocycles. The van der Waals surface area contributed by atoms with Crippen molar-refractivity contribution in [3.63, 3.8) is 0 Å². The molecule has 1 aromatic carbocycles. The molecule has 2 saturated heterocycles. The van der Waals surface area contributed by atoms with Crippen LogP contribution >= 0.6 is 11.8 Å². The zero-order chi connectivity index (χ0) is 21.8. The minimum Gasteiger partial charge on any atom is -0.477 e. The van der Waals surface area contributed by atoms with Crippen molar-refractivity contribution in [2.24, 2.45) is 5.73 Å². The third-order valence-corrected chi connectivity index (χ3v) is 6.52. The van der Waals surface area contributed by atoms with E-state index in [0.717, 1.165) is 17.0 Å². The number of carbonyl (C=O) groups is 3. The van der Waals surface area contributed by atoms with Crippen LogP contribution in [0.2, 0.25) is 0 Å². The number of thioether (sulfide) groups is 1. The average molecular weight is 439 g/mol. The van der Waals surface area contributed by atoms with E-state index >= 15 is 0 Å². The summed E-state index contributed by atoms with van der Waals surface area (Å²) < 4.78 is 38.9. The predicted octanol–water partition coefficient (Wildman–Crippen LogP) is 1.95. The molecule has 4 rings (SSSR count). The zero-order valence-electron chi connectivity index (χ0n) is 15.3. The number of aliphatic carboxylic acids is 1. The predicted molar refractivity (Wildman–Crippen MR) is 102 cm³/mol. The van der Waals surface area contributed by atoms with Crippen molar-refractivity contribution in [3.05, 3.63) is 52.7 Å². The second-order valence-electron chi connectivity index (χ2n) is 7.04. The summed E-state index contributed by atoms with van der Waals surface area (Å²) in [5, 5.41) is 9.13. The fourth-order valence-electron chi connectivity index (χ4n) is 3.71. The van der Waals surface area contributed by atoms with E-state index in [-0.39, 0.29) is 35.7 Å². The number of carbonyl (C=O) groups excluding carboxylic acids is 2. The Morgan fingerprint density at radius 3 is 2.70 bits per heavy atom. The van der Waals surface area contributed by atoms with Crippen LogP contribution < -0.4 is 10.6 Å². The summed E-state index contributed by atoms with van der Waals surface area (Å²) >= 11 is 1.30. The Morgan fingerprint density at radius 2 is 2.03 bits per heavy atom. The average Bonchev–Trinajstić information content (AvgIpc) is 3.06. The lowest BCUT2D eigenvalue weighted by atomic mass is 10.0. The molecule has 0 aromatic heterocycles. The van der Waals surface area contributed by atoms with Crippen LogP contribution in [-0.2, 0) is 20.6 Å². The molecule has 0 radical (unpaired) electrons. The maximum atomic E-state index is 13.0. The lowest BCUT2D eigenvalue weighted by molar-refractivity contribution is -0.147. The minimum absolute atomic E-state index is 0.118. The summed E-state index contributed by atoms with van der Waals surface area (Å²) in [6.45, 7) is 0.172. The molecule has 30 heavy (non-hydrogen) atoms. The van der Waals surface area contributed by atoms with Crippen LogP contribution in [0.25, 0.3) is 0 Å².